The Balaban J connectivity index is 2.02. The van der Waals surface area contributed by atoms with E-state index in [0.717, 1.165) is 28.3 Å². The number of anilines is 1. The predicted molar refractivity (Wildman–Crippen MR) is 163 cm³/mol. The van der Waals surface area contributed by atoms with E-state index in [2.05, 4.69) is 5.32 Å². The molecule has 3 aromatic rings. The van der Waals surface area contributed by atoms with Gasteiger partial charge in [0.15, 0.2) is 0 Å². The fourth-order valence-electron chi connectivity index (χ4n) is 4.31. The molecule has 0 unspecified atom stereocenters. The van der Waals surface area contributed by atoms with Crippen molar-refractivity contribution in [1.82, 2.24) is 10.2 Å². The van der Waals surface area contributed by atoms with Gasteiger partial charge in [-0.2, -0.15) is 0 Å². The summed E-state index contributed by atoms with van der Waals surface area (Å²) in [6.07, 6.45) is 2.22. The number of carbonyl (C=O) groups is 2. The molecule has 0 spiro atoms. The molecule has 0 aromatic heterocycles. The van der Waals surface area contributed by atoms with Gasteiger partial charge in [-0.1, -0.05) is 73.0 Å². The second-order valence-corrected chi connectivity index (χ2v) is 12.1. The summed E-state index contributed by atoms with van der Waals surface area (Å²) in [5.41, 5.74) is 2.00. The van der Waals surface area contributed by atoms with Crippen molar-refractivity contribution < 1.29 is 22.7 Å². The third kappa shape index (κ3) is 8.47. The van der Waals surface area contributed by atoms with Crippen molar-refractivity contribution in [1.29, 1.82) is 0 Å². The van der Waals surface area contributed by atoms with E-state index < -0.39 is 28.5 Å². The van der Waals surface area contributed by atoms with Gasteiger partial charge in [0.25, 0.3) is 10.0 Å². The highest BCUT2D eigenvalue weighted by atomic mass is 35.5. The fourth-order valence-corrected chi connectivity index (χ4v) is 5.90. The van der Waals surface area contributed by atoms with E-state index in [1.54, 1.807) is 31.2 Å². The largest absolute Gasteiger partial charge is 0.495 e. The van der Waals surface area contributed by atoms with Gasteiger partial charge in [0.1, 0.15) is 18.3 Å². The molecular formula is C31H38ClN3O5S. The summed E-state index contributed by atoms with van der Waals surface area (Å²) in [5, 5.41) is 3.17. The molecule has 0 bridgehead atoms. The molecular weight excluding hydrogens is 562 g/mol. The zero-order valence-corrected chi connectivity index (χ0v) is 25.5. The third-order valence-corrected chi connectivity index (χ3v) is 8.79. The van der Waals surface area contributed by atoms with E-state index in [9.17, 15) is 18.0 Å². The van der Waals surface area contributed by atoms with Gasteiger partial charge in [-0.25, -0.2) is 8.42 Å². The SMILES string of the molecule is CCCCNC(=O)[C@H](C)N(CCc1ccccc1)C(=O)CN(c1cc(Cl)ccc1OC)S(=O)(=O)c1ccc(C)cc1. The van der Waals surface area contributed by atoms with Crippen molar-refractivity contribution >= 4 is 39.1 Å². The lowest BCUT2D eigenvalue weighted by Gasteiger charge is -2.32. The molecule has 10 heteroatoms. The van der Waals surface area contributed by atoms with Crippen LogP contribution < -0.4 is 14.4 Å². The van der Waals surface area contributed by atoms with Crippen LogP contribution >= 0.6 is 11.6 Å². The number of halogens is 1. The number of aryl methyl sites for hydroxylation is 1. The van der Waals surface area contributed by atoms with Crippen LogP contribution in [0.15, 0.2) is 77.7 Å². The number of unbranched alkanes of at least 4 members (excludes halogenated alkanes) is 1. The quantitative estimate of drug-likeness (QED) is 0.256. The molecule has 0 saturated heterocycles. The average molecular weight is 600 g/mol. The number of ether oxygens (including phenoxy) is 1. The van der Waals surface area contributed by atoms with Gasteiger partial charge in [0.2, 0.25) is 11.8 Å². The summed E-state index contributed by atoms with van der Waals surface area (Å²) in [6.45, 7) is 5.69. The molecule has 1 N–H and O–H groups in total. The number of rotatable bonds is 14. The molecule has 3 rings (SSSR count). The van der Waals surface area contributed by atoms with Crippen molar-refractivity contribution in [3.63, 3.8) is 0 Å². The minimum Gasteiger partial charge on any atom is -0.495 e. The predicted octanol–water partition coefficient (Wildman–Crippen LogP) is 5.23. The molecule has 41 heavy (non-hydrogen) atoms. The molecule has 0 saturated carbocycles. The number of benzene rings is 3. The van der Waals surface area contributed by atoms with Crippen molar-refractivity contribution in [2.75, 3.05) is 31.0 Å². The van der Waals surface area contributed by atoms with E-state index in [-0.39, 0.29) is 33.8 Å². The lowest BCUT2D eigenvalue weighted by atomic mass is 10.1. The van der Waals surface area contributed by atoms with Gasteiger partial charge < -0.3 is 15.0 Å². The third-order valence-electron chi connectivity index (χ3n) is 6.78. The summed E-state index contributed by atoms with van der Waals surface area (Å²) in [6, 6.07) is 19.7. The highest BCUT2D eigenvalue weighted by Crippen LogP contribution is 2.35. The van der Waals surface area contributed by atoms with Crippen LogP contribution in [-0.4, -0.2) is 57.9 Å². The summed E-state index contributed by atoms with van der Waals surface area (Å²) < 4.78 is 34.5. The minimum absolute atomic E-state index is 0.0131. The first-order valence-corrected chi connectivity index (χ1v) is 15.4. The molecule has 220 valence electrons. The Labute approximate surface area is 248 Å². The highest BCUT2D eigenvalue weighted by molar-refractivity contribution is 7.92. The number of nitrogens with one attached hydrogen (secondary N) is 1. The first kappa shape index (κ1) is 32.0. The molecule has 3 aromatic carbocycles. The topological polar surface area (TPSA) is 96.0 Å². The van der Waals surface area contributed by atoms with Crippen molar-refractivity contribution in [3.05, 3.63) is 88.9 Å². The van der Waals surface area contributed by atoms with Crippen molar-refractivity contribution in [2.45, 2.75) is 51.0 Å². The molecule has 1 atom stereocenters. The number of methoxy groups -OCH3 is 1. The average Bonchev–Trinajstić information content (AvgIpc) is 2.96. The van der Waals surface area contributed by atoms with Crippen LogP contribution in [-0.2, 0) is 26.0 Å². The monoisotopic (exact) mass is 599 g/mol. The number of hydrogen-bond acceptors (Lipinski definition) is 5. The standard InChI is InChI=1S/C31H38ClN3O5S/c1-5-6-19-33-31(37)24(3)34(20-18-25-10-8-7-9-11-25)30(36)22-35(28-21-26(32)14-17-29(28)40-4)41(38,39)27-15-12-23(2)13-16-27/h7-17,21,24H,5-6,18-20,22H2,1-4H3,(H,33,37)/t24-/m0/s1. The number of carbonyl (C=O) groups excluding carboxylic acids is 2. The maximum absolute atomic E-state index is 14.0. The molecule has 0 aliphatic rings. The molecule has 0 aliphatic heterocycles. The number of amides is 2. The second-order valence-electron chi connectivity index (χ2n) is 9.78. The summed E-state index contributed by atoms with van der Waals surface area (Å²) in [5.74, 6) is -0.594. The van der Waals surface area contributed by atoms with Crippen LogP contribution in [0.3, 0.4) is 0 Å². The molecule has 0 heterocycles. The van der Waals surface area contributed by atoms with Crippen LogP contribution in [0.25, 0.3) is 0 Å². The number of sulfonamides is 1. The lowest BCUT2D eigenvalue weighted by molar-refractivity contribution is -0.138. The Kier molecular flexibility index (Phi) is 11.6. The maximum atomic E-state index is 14.0. The van der Waals surface area contributed by atoms with Crippen LogP contribution in [0, 0.1) is 6.92 Å². The first-order valence-electron chi connectivity index (χ1n) is 13.6. The van der Waals surface area contributed by atoms with E-state index in [1.165, 1.54) is 30.2 Å². The van der Waals surface area contributed by atoms with Gasteiger partial charge in [0.05, 0.1) is 17.7 Å². The van der Waals surface area contributed by atoms with Gasteiger partial charge in [0, 0.05) is 18.1 Å². The van der Waals surface area contributed by atoms with Gasteiger partial charge >= 0.3 is 0 Å². The van der Waals surface area contributed by atoms with Gasteiger partial charge in [-0.3, -0.25) is 13.9 Å². The number of nitrogens with zero attached hydrogens (tertiary/aromatic N) is 2. The summed E-state index contributed by atoms with van der Waals surface area (Å²) in [4.78, 5) is 28.5. The van der Waals surface area contributed by atoms with Crippen LogP contribution in [0.5, 0.6) is 5.75 Å². The van der Waals surface area contributed by atoms with E-state index in [0.29, 0.717) is 13.0 Å². The van der Waals surface area contributed by atoms with Crippen molar-refractivity contribution in [3.8, 4) is 5.75 Å². The molecule has 2 amide bonds. The van der Waals surface area contributed by atoms with Gasteiger partial charge in [-0.15, -0.1) is 0 Å². The van der Waals surface area contributed by atoms with Gasteiger partial charge in [-0.05, 0) is 62.6 Å². The maximum Gasteiger partial charge on any atom is 0.264 e. The Morgan fingerprint density at radius 3 is 2.34 bits per heavy atom. The molecule has 0 fully saturated rings. The van der Waals surface area contributed by atoms with E-state index in [1.807, 2.05) is 44.2 Å². The zero-order chi connectivity index (χ0) is 30.0. The highest BCUT2D eigenvalue weighted by Gasteiger charge is 2.33. The Hall–Kier alpha value is -3.56. The van der Waals surface area contributed by atoms with E-state index >= 15 is 0 Å². The summed E-state index contributed by atoms with van der Waals surface area (Å²) >= 11 is 6.28. The van der Waals surface area contributed by atoms with Crippen molar-refractivity contribution in [2.24, 2.45) is 0 Å². The van der Waals surface area contributed by atoms with Crippen LogP contribution in [0.1, 0.15) is 37.8 Å². The minimum atomic E-state index is -4.23. The number of hydrogen-bond donors (Lipinski definition) is 1. The smallest absolute Gasteiger partial charge is 0.264 e. The Morgan fingerprint density at radius 1 is 1.02 bits per heavy atom. The zero-order valence-electron chi connectivity index (χ0n) is 24.0. The Morgan fingerprint density at radius 2 is 1.71 bits per heavy atom. The fraction of sp³-hybridized carbons (Fsp3) is 0.355. The molecule has 8 nitrogen and oxygen atoms in total. The second kappa shape index (κ2) is 14.9. The normalized spacial score (nSPS) is 11.9. The van der Waals surface area contributed by atoms with E-state index in [4.69, 9.17) is 16.3 Å². The molecule has 0 aliphatic carbocycles. The Bertz CT molecular complexity index is 1420. The lowest BCUT2D eigenvalue weighted by Crippen LogP contribution is -2.52. The first-order chi connectivity index (χ1) is 19.6. The summed E-state index contributed by atoms with van der Waals surface area (Å²) in [7, 11) is -2.82. The molecule has 0 radical (unpaired) electrons. The van der Waals surface area contributed by atoms with Crippen LogP contribution in [0.2, 0.25) is 5.02 Å². The van der Waals surface area contributed by atoms with Crippen LogP contribution in [0.4, 0.5) is 5.69 Å².